The third-order valence-corrected chi connectivity index (χ3v) is 3.20. The molecule has 0 radical (unpaired) electrons. The monoisotopic (exact) mass is 235 g/mol. The van der Waals surface area contributed by atoms with E-state index in [1.807, 2.05) is 19.9 Å². The van der Waals surface area contributed by atoms with Gasteiger partial charge in [-0.1, -0.05) is 0 Å². The van der Waals surface area contributed by atoms with E-state index >= 15 is 0 Å². The summed E-state index contributed by atoms with van der Waals surface area (Å²) in [4.78, 5) is 9.56. The Kier molecular flexibility index (Phi) is 3.21. The van der Waals surface area contributed by atoms with E-state index in [1.54, 1.807) is 0 Å². The largest absolute Gasteiger partial charge is 0.326 e. The molecule has 6 heteroatoms. The number of hydrogen-bond acceptors (Lipinski definition) is 5. The minimum Gasteiger partial charge on any atom is -0.326 e. The third kappa shape index (κ3) is 2.23. The first-order chi connectivity index (χ1) is 7.70. The first-order valence-electron chi connectivity index (χ1n) is 4.91. The molecule has 2 rings (SSSR count). The minimum atomic E-state index is 0.482. The molecule has 0 bridgehead atoms. The van der Waals surface area contributed by atoms with E-state index in [0.29, 0.717) is 6.54 Å². The van der Waals surface area contributed by atoms with Crippen molar-refractivity contribution in [3.63, 3.8) is 0 Å². The van der Waals surface area contributed by atoms with Crippen LogP contribution >= 0.6 is 11.8 Å². The molecule has 0 spiro atoms. The van der Waals surface area contributed by atoms with Crippen molar-refractivity contribution in [3.05, 3.63) is 29.3 Å². The van der Waals surface area contributed by atoms with Crippen molar-refractivity contribution in [2.75, 3.05) is 0 Å². The van der Waals surface area contributed by atoms with Gasteiger partial charge in [0.25, 0.3) is 0 Å². The Hall–Kier alpha value is -1.40. The second-order valence-electron chi connectivity index (χ2n) is 3.42. The number of aromatic nitrogens is 4. The van der Waals surface area contributed by atoms with Gasteiger partial charge >= 0.3 is 0 Å². The van der Waals surface area contributed by atoms with Crippen LogP contribution < -0.4 is 5.73 Å². The molecule has 2 heterocycles. The summed E-state index contributed by atoms with van der Waals surface area (Å²) in [5, 5.41) is 7.39. The Labute approximate surface area is 97.9 Å². The lowest BCUT2D eigenvalue weighted by molar-refractivity contribution is 0.934. The van der Waals surface area contributed by atoms with Crippen LogP contribution in [-0.4, -0.2) is 20.2 Å². The van der Waals surface area contributed by atoms with Gasteiger partial charge in [0.1, 0.15) is 6.33 Å². The van der Waals surface area contributed by atoms with Crippen LogP contribution in [0.5, 0.6) is 0 Å². The van der Waals surface area contributed by atoms with Gasteiger partial charge in [-0.2, -0.15) is 5.10 Å². The Bertz CT molecular complexity index is 480. The number of aryl methyl sites for hydroxylation is 2. The summed E-state index contributed by atoms with van der Waals surface area (Å²) in [5.74, 6) is 0. The standard InChI is InChI=1S/C10H13N5S/c1-6-3-9(8(4-11)7(2)14-6)16-10-12-5-13-15-10/h3,5H,4,11H2,1-2H3,(H,12,13,15). The molecule has 0 saturated heterocycles. The fourth-order valence-electron chi connectivity index (χ4n) is 1.51. The average molecular weight is 235 g/mol. The van der Waals surface area contributed by atoms with Crippen molar-refractivity contribution in [1.29, 1.82) is 0 Å². The van der Waals surface area contributed by atoms with E-state index in [2.05, 4.69) is 20.2 Å². The smallest absolute Gasteiger partial charge is 0.188 e. The van der Waals surface area contributed by atoms with Gasteiger partial charge in [-0.3, -0.25) is 10.1 Å². The van der Waals surface area contributed by atoms with Gasteiger partial charge in [-0.05, 0) is 31.7 Å². The molecule has 0 aromatic carbocycles. The Morgan fingerprint density at radius 2 is 2.25 bits per heavy atom. The summed E-state index contributed by atoms with van der Waals surface area (Å²) in [6.45, 7) is 4.42. The molecule has 0 aliphatic rings. The fourth-order valence-corrected chi connectivity index (χ4v) is 2.50. The predicted molar refractivity (Wildman–Crippen MR) is 62.1 cm³/mol. The number of nitrogens with one attached hydrogen (secondary N) is 1. The molecule has 5 nitrogen and oxygen atoms in total. The molecule has 0 amide bonds. The van der Waals surface area contributed by atoms with Gasteiger partial charge in [-0.25, -0.2) is 4.98 Å². The number of pyridine rings is 1. The van der Waals surface area contributed by atoms with Gasteiger partial charge < -0.3 is 5.73 Å². The quantitative estimate of drug-likeness (QED) is 0.841. The lowest BCUT2D eigenvalue weighted by atomic mass is 10.2. The maximum atomic E-state index is 5.73. The molecule has 0 atom stereocenters. The van der Waals surface area contributed by atoms with E-state index in [9.17, 15) is 0 Å². The first kappa shape index (κ1) is 11.1. The number of nitrogens with zero attached hydrogens (tertiary/aromatic N) is 3. The molecule has 84 valence electrons. The number of H-pyrrole nitrogens is 1. The lowest BCUT2D eigenvalue weighted by Gasteiger charge is -2.09. The normalized spacial score (nSPS) is 10.7. The highest BCUT2D eigenvalue weighted by molar-refractivity contribution is 7.99. The maximum absolute atomic E-state index is 5.73. The van der Waals surface area contributed by atoms with Crippen molar-refractivity contribution in [3.8, 4) is 0 Å². The summed E-state index contributed by atoms with van der Waals surface area (Å²) in [6.07, 6.45) is 1.49. The van der Waals surface area contributed by atoms with E-state index < -0.39 is 0 Å². The summed E-state index contributed by atoms with van der Waals surface area (Å²) >= 11 is 1.52. The van der Waals surface area contributed by atoms with E-state index in [-0.39, 0.29) is 0 Å². The van der Waals surface area contributed by atoms with Gasteiger partial charge in [0, 0.05) is 28.4 Å². The van der Waals surface area contributed by atoms with Crippen LogP contribution in [-0.2, 0) is 6.54 Å². The van der Waals surface area contributed by atoms with Crippen LogP contribution in [0.2, 0.25) is 0 Å². The Morgan fingerprint density at radius 1 is 1.44 bits per heavy atom. The van der Waals surface area contributed by atoms with Gasteiger partial charge in [0.15, 0.2) is 5.16 Å². The molecule has 0 aliphatic heterocycles. The lowest BCUT2D eigenvalue weighted by Crippen LogP contribution is -2.04. The highest BCUT2D eigenvalue weighted by Gasteiger charge is 2.09. The molecule has 16 heavy (non-hydrogen) atoms. The van der Waals surface area contributed by atoms with Crippen LogP contribution in [0.25, 0.3) is 0 Å². The zero-order valence-corrected chi connectivity index (χ0v) is 10.0. The van der Waals surface area contributed by atoms with Crippen LogP contribution in [0.3, 0.4) is 0 Å². The van der Waals surface area contributed by atoms with Crippen molar-refractivity contribution in [2.45, 2.75) is 30.4 Å². The van der Waals surface area contributed by atoms with Gasteiger partial charge in [-0.15, -0.1) is 0 Å². The average Bonchev–Trinajstić information content (AvgIpc) is 2.70. The minimum absolute atomic E-state index is 0.482. The van der Waals surface area contributed by atoms with Crippen molar-refractivity contribution >= 4 is 11.8 Å². The Balaban J connectivity index is 2.39. The molecule has 0 fully saturated rings. The summed E-state index contributed by atoms with van der Waals surface area (Å²) in [7, 11) is 0. The number of nitrogens with two attached hydrogens (primary N) is 1. The van der Waals surface area contributed by atoms with Crippen LogP contribution in [0, 0.1) is 13.8 Å². The van der Waals surface area contributed by atoms with Crippen molar-refractivity contribution < 1.29 is 0 Å². The summed E-state index contributed by atoms with van der Waals surface area (Å²) < 4.78 is 0. The van der Waals surface area contributed by atoms with E-state index in [1.165, 1.54) is 18.1 Å². The fraction of sp³-hybridized carbons (Fsp3) is 0.300. The van der Waals surface area contributed by atoms with E-state index in [4.69, 9.17) is 5.73 Å². The highest BCUT2D eigenvalue weighted by atomic mass is 32.2. The second-order valence-corrected chi connectivity index (χ2v) is 4.45. The first-order valence-corrected chi connectivity index (χ1v) is 5.72. The summed E-state index contributed by atoms with van der Waals surface area (Å²) in [6, 6.07) is 2.02. The molecular formula is C10H13N5S. The zero-order valence-electron chi connectivity index (χ0n) is 9.19. The molecule has 3 N–H and O–H groups in total. The van der Waals surface area contributed by atoms with Crippen LogP contribution in [0.1, 0.15) is 17.0 Å². The highest BCUT2D eigenvalue weighted by Crippen LogP contribution is 2.29. The number of aromatic amines is 1. The molecule has 2 aromatic heterocycles. The van der Waals surface area contributed by atoms with Crippen LogP contribution in [0.15, 0.2) is 22.4 Å². The SMILES string of the molecule is Cc1cc(Sc2ncn[nH]2)c(CN)c(C)n1. The molecule has 0 saturated carbocycles. The Morgan fingerprint density at radius 3 is 2.88 bits per heavy atom. The van der Waals surface area contributed by atoms with Gasteiger partial charge in [0.05, 0.1) is 0 Å². The maximum Gasteiger partial charge on any atom is 0.188 e. The molecule has 2 aromatic rings. The molecular weight excluding hydrogens is 222 g/mol. The van der Waals surface area contributed by atoms with E-state index in [0.717, 1.165) is 27.0 Å². The third-order valence-electron chi connectivity index (χ3n) is 2.22. The molecule has 0 unspecified atom stereocenters. The predicted octanol–water partition coefficient (Wildman–Crippen LogP) is 1.43. The number of rotatable bonds is 3. The summed E-state index contributed by atoms with van der Waals surface area (Å²) in [5.41, 5.74) is 8.75. The second kappa shape index (κ2) is 4.63. The van der Waals surface area contributed by atoms with Crippen molar-refractivity contribution in [2.24, 2.45) is 5.73 Å². The van der Waals surface area contributed by atoms with Crippen LogP contribution in [0.4, 0.5) is 0 Å². The topological polar surface area (TPSA) is 80.5 Å². The van der Waals surface area contributed by atoms with Gasteiger partial charge in [0.2, 0.25) is 0 Å². The zero-order chi connectivity index (χ0) is 11.5. The number of hydrogen-bond donors (Lipinski definition) is 2. The van der Waals surface area contributed by atoms with Crippen molar-refractivity contribution in [1.82, 2.24) is 20.2 Å². The molecule has 0 aliphatic carbocycles.